The molecule has 1 fully saturated rings. The van der Waals surface area contributed by atoms with Crippen molar-refractivity contribution in [2.75, 3.05) is 38.2 Å². The van der Waals surface area contributed by atoms with Gasteiger partial charge in [-0.15, -0.1) is 10.2 Å². The van der Waals surface area contributed by atoms with Gasteiger partial charge in [-0.25, -0.2) is 4.98 Å². The number of carbonyl (C=O) groups excluding carboxylic acids is 1. The van der Waals surface area contributed by atoms with Gasteiger partial charge < -0.3 is 14.5 Å². The molecular formula is C21H24N6O2. The number of nitrogens with zero attached hydrogens (tertiary/aromatic N) is 6. The molecule has 0 radical (unpaired) electrons. The average Bonchev–Trinajstić information content (AvgIpc) is 3.20. The molecule has 3 aromatic rings. The van der Waals surface area contributed by atoms with Gasteiger partial charge in [0.2, 0.25) is 5.91 Å². The van der Waals surface area contributed by atoms with Gasteiger partial charge in [-0.1, -0.05) is 12.1 Å². The molecule has 150 valence electrons. The fourth-order valence-electron chi connectivity index (χ4n) is 3.49. The number of methoxy groups -OCH3 is 1. The molecular weight excluding hydrogens is 368 g/mol. The van der Waals surface area contributed by atoms with Gasteiger partial charge in [-0.3, -0.25) is 9.36 Å². The maximum atomic E-state index is 12.6. The number of hydrogen-bond acceptors (Lipinski definition) is 6. The van der Waals surface area contributed by atoms with E-state index >= 15 is 0 Å². The molecule has 8 heteroatoms. The van der Waals surface area contributed by atoms with Crippen molar-refractivity contribution in [2.24, 2.45) is 0 Å². The molecule has 2 aromatic heterocycles. The van der Waals surface area contributed by atoms with Gasteiger partial charge in [0.05, 0.1) is 13.5 Å². The zero-order chi connectivity index (χ0) is 20.2. The zero-order valence-corrected chi connectivity index (χ0v) is 16.7. The summed E-state index contributed by atoms with van der Waals surface area (Å²) in [5.41, 5.74) is 0.966. The van der Waals surface area contributed by atoms with Crippen LogP contribution in [0.15, 0.2) is 48.8 Å². The summed E-state index contributed by atoms with van der Waals surface area (Å²) < 4.78 is 7.13. The number of aryl methyl sites for hydroxylation is 1. The van der Waals surface area contributed by atoms with E-state index in [1.165, 1.54) is 0 Å². The minimum atomic E-state index is 0.134. The van der Waals surface area contributed by atoms with Gasteiger partial charge in [-0.05, 0) is 36.8 Å². The van der Waals surface area contributed by atoms with E-state index < -0.39 is 0 Å². The molecule has 1 amide bonds. The number of benzene rings is 1. The van der Waals surface area contributed by atoms with Crippen LogP contribution in [-0.2, 0) is 11.2 Å². The van der Waals surface area contributed by atoms with Crippen LogP contribution < -0.4 is 9.64 Å². The number of anilines is 1. The third-order valence-corrected chi connectivity index (χ3v) is 5.15. The smallest absolute Gasteiger partial charge is 0.227 e. The lowest BCUT2D eigenvalue weighted by atomic mass is 10.1. The maximum Gasteiger partial charge on any atom is 0.227 e. The molecule has 0 bridgehead atoms. The van der Waals surface area contributed by atoms with Gasteiger partial charge in [0.15, 0.2) is 11.6 Å². The number of aromatic nitrogens is 4. The summed E-state index contributed by atoms with van der Waals surface area (Å²) in [6.45, 7) is 4.75. The summed E-state index contributed by atoms with van der Waals surface area (Å²) in [7, 11) is 1.63. The van der Waals surface area contributed by atoms with E-state index in [0.717, 1.165) is 41.9 Å². The van der Waals surface area contributed by atoms with Gasteiger partial charge in [0.25, 0.3) is 0 Å². The van der Waals surface area contributed by atoms with E-state index in [1.807, 2.05) is 59.0 Å². The van der Waals surface area contributed by atoms with Crippen LogP contribution in [0.1, 0.15) is 11.4 Å². The standard InChI is InChI=1S/C21H24N6O2/c1-16-22-8-9-27(16)20-7-6-19(23-24-20)25-10-12-26(13-11-25)21(28)15-17-4-3-5-18(14-17)29-2/h3-9,14H,10-13,15H2,1-2H3. The molecule has 1 aliphatic rings. The second-order valence-electron chi connectivity index (χ2n) is 6.99. The summed E-state index contributed by atoms with van der Waals surface area (Å²) in [5, 5.41) is 8.69. The highest BCUT2D eigenvalue weighted by Gasteiger charge is 2.22. The molecule has 0 aliphatic carbocycles. The lowest BCUT2D eigenvalue weighted by Crippen LogP contribution is -2.49. The third-order valence-electron chi connectivity index (χ3n) is 5.15. The second kappa shape index (κ2) is 8.30. The Morgan fingerprint density at radius 1 is 1.07 bits per heavy atom. The molecule has 0 spiro atoms. The zero-order valence-electron chi connectivity index (χ0n) is 16.7. The maximum absolute atomic E-state index is 12.6. The highest BCUT2D eigenvalue weighted by Crippen LogP contribution is 2.17. The van der Waals surface area contributed by atoms with E-state index in [1.54, 1.807) is 13.3 Å². The number of hydrogen-bond donors (Lipinski definition) is 0. The molecule has 0 N–H and O–H groups in total. The number of carbonyl (C=O) groups is 1. The molecule has 3 heterocycles. The fourth-order valence-corrected chi connectivity index (χ4v) is 3.49. The Bertz CT molecular complexity index is 977. The van der Waals surface area contributed by atoms with E-state index in [2.05, 4.69) is 20.1 Å². The van der Waals surface area contributed by atoms with Gasteiger partial charge in [0, 0.05) is 38.6 Å². The minimum Gasteiger partial charge on any atom is -0.497 e. The first-order valence-corrected chi connectivity index (χ1v) is 9.64. The van der Waals surface area contributed by atoms with Crippen molar-refractivity contribution in [3.8, 4) is 11.6 Å². The monoisotopic (exact) mass is 392 g/mol. The Labute approximate surface area is 169 Å². The first kappa shape index (κ1) is 18.9. The van der Waals surface area contributed by atoms with Crippen LogP contribution in [0.3, 0.4) is 0 Å². The Morgan fingerprint density at radius 2 is 1.83 bits per heavy atom. The summed E-state index contributed by atoms with van der Waals surface area (Å²) >= 11 is 0. The molecule has 29 heavy (non-hydrogen) atoms. The summed E-state index contributed by atoms with van der Waals surface area (Å²) in [5.74, 6) is 3.35. The summed E-state index contributed by atoms with van der Waals surface area (Å²) in [6.07, 6.45) is 3.99. The predicted octanol–water partition coefficient (Wildman–Crippen LogP) is 1.87. The highest BCUT2D eigenvalue weighted by atomic mass is 16.5. The summed E-state index contributed by atoms with van der Waals surface area (Å²) in [6, 6.07) is 11.6. The lowest BCUT2D eigenvalue weighted by molar-refractivity contribution is -0.130. The number of rotatable bonds is 5. The SMILES string of the molecule is COc1cccc(CC(=O)N2CCN(c3ccc(-n4ccnc4C)nn3)CC2)c1. The topological polar surface area (TPSA) is 76.4 Å². The minimum absolute atomic E-state index is 0.134. The quantitative estimate of drug-likeness (QED) is 0.660. The van der Waals surface area contributed by atoms with E-state index in [-0.39, 0.29) is 5.91 Å². The van der Waals surface area contributed by atoms with Crippen LogP contribution in [0.25, 0.3) is 5.82 Å². The molecule has 8 nitrogen and oxygen atoms in total. The predicted molar refractivity (Wildman–Crippen MR) is 109 cm³/mol. The van der Waals surface area contributed by atoms with Crippen LogP contribution >= 0.6 is 0 Å². The molecule has 4 rings (SSSR count). The number of amides is 1. The van der Waals surface area contributed by atoms with Gasteiger partial charge >= 0.3 is 0 Å². The van der Waals surface area contributed by atoms with Gasteiger partial charge in [0.1, 0.15) is 11.6 Å². The molecule has 0 saturated carbocycles. The molecule has 0 unspecified atom stereocenters. The van der Waals surface area contributed by atoms with E-state index in [4.69, 9.17) is 4.74 Å². The highest BCUT2D eigenvalue weighted by molar-refractivity contribution is 5.79. The largest absolute Gasteiger partial charge is 0.497 e. The molecule has 1 aliphatic heterocycles. The first-order valence-electron chi connectivity index (χ1n) is 9.64. The Hall–Kier alpha value is -3.42. The van der Waals surface area contributed by atoms with Crippen molar-refractivity contribution < 1.29 is 9.53 Å². The van der Waals surface area contributed by atoms with Crippen LogP contribution in [0.2, 0.25) is 0 Å². The van der Waals surface area contributed by atoms with Crippen LogP contribution in [0, 0.1) is 6.92 Å². The Morgan fingerprint density at radius 3 is 2.48 bits per heavy atom. The van der Waals surface area contributed by atoms with Gasteiger partial charge in [-0.2, -0.15) is 0 Å². The second-order valence-corrected chi connectivity index (χ2v) is 6.99. The average molecular weight is 392 g/mol. The number of imidazole rings is 1. The Kier molecular flexibility index (Phi) is 5.41. The van der Waals surface area contributed by atoms with Crippen molar-refractivity contribution in [1.82, 2.24) is 24.6 Å². The van der Waals surface area contributed by atoms with E-state index in [0.29, 0.717) is 19.5 Å². The van der Waals surface area contributed by atoms with Crippen molar-refractivity contribution >= 4 is 11.7 Å². The first-order chi connectivity index (χ1) is 14.1. The Balaban J connectivity index is 1.34. The van der Waals surface area contributed by atoms with Crippen molar-refractivity contribution in [1.29, 1.82) is 0 Å². The third kappa shape index (κ3) is 4.21. The normalized spacial score (nSPS) is 14.1. The van der Waals surface area contributed by atoms with Crippen molar-refractivity contribution in [2.45, 2.75) is 13.3 Å². The lowest BCUT2D eigenvalue weighted by Gasteiger charge is -2.35. The molecule has 0 atom stereocenters. The van der Waals surface area contributed by atoms with Crippen LogP contribution in [0.5, 0.6) is 5.75 Å². The van der Waals surface area contributed by atoms with E-state index in [9.17, 15) is 4.79 Å². The number of piperazine rings is 1. The van der Waals surface area contributed by atoms with Crippen molar-refractivity contribution in [3.63, 3.8) is 0 Å². The fraction of sp³-hybridized carbons (Fsp3) is 0.333. The summed E-state index contributed by atoms with van der Waals surface area (Å²) in [4.78, 5) is 20.9. The van der Waals surface area contributed by atoms with Crippen LogP contribution in [0.4, 0.5) is 5.82 Å². The molecule has 1 aromatic carbocycles. The number of ether oxygens (including phenoxy) is 1. The van der Waals surface area contributed by atoms with Crippen molar-refractivity contribution in [3.05, 3.63) is 60.2 Å². The molecule has 1 saturated heterocycles. The van der Waals surface area contributed by atoms with Crippen LogP contribution in [-0.4, -0.2) is 63.8 Å².